The highest BCUT2D eigenvalue weighted by atomic mass is 28.1. The van der Waals surface area contributed by atoms with Gasteiger partial charge in [-0.25, -0.2) is 4.79 Å². The van der Waals surface area contributed by atoms with Crippen LogP contribution in [0.3, 0.4) is 0 Å². The van der Waals surface area contributed by atoms with E-state index in [1.165, 1.54) is 22.4 Å². The van der Waals surface area contributed by atoms with Crippen molar-refractivity contribution in [2.45, 2.75) is 6.55 Å². The average Bonchev–Trinajstić information content (AvgIpc) is 2.08. The van der Waals surface area contributed by atoms with Crippen LogP contribution in [-0.2, 0) is 0 Å². The van der Waals surface area contributed by atoms with E-state index in [9.17, 15) is 4.79 Å². The first-order valence-electron chi connectivity index (χ1n) is 3.73. The van der Waals surface area contributed by atoms with E-state index in [0.29, 0.717) is 0 Å². The van der Waals surface area contributed by atoms with Crippen molar-refractivity contribution < 1.29 is 15.0 Å². The Bertz CT molecular complexity index is 260. The molecule has 0 aliphatic heterocycles. The zero-order valence-corrected chi connectivity index (χ0v) is 9.11. The largest absolute Gasteiger partial charge is 0.507 e. The minimum absolute atomic E-state index is 0.0671. The molecule has 66 valence electrons. The number of benzene rings is 1. The van der Waals surface area contributed by atoms with E-state index in [0.717, 1.165) is 0 Å². The fourth-order valence-corrected chi connectivity index (χ4v) is 0.654. The molecule has 0 aliphatic carbocycles. The van der Waals surface area contributed by atoms with E-state index >= 15 is 0 Å². The molecular weight excluding hydrogens is 172 g/mol. The highest BCUT2D eigenvalue weighted by molar-refractivity contribution is 6.05. The van der Waals surface area contributed by atoms with Crippen LogP contribution >= 0.6 is 0 Å². The van der Waals surface area contributed by atoms with Gasteiger partial charge in [-0.1, -0.05) is 18.7 Å². The lowest BCUT2D eigenvalue weighted by Gasteiger charge is -1.95. The van der Waals surface area contributed by atoms with Crippen molar-refractivity contribution in [1.29, 1.82) is 0 Å². The highest BCUT2D eigenvalue weighted by Crippen LogP contribution is 2.14. The Hall–Kier alpha value is -1.29. The molecule has 1 aromatic rings. The zero-order chi connectivity index (χ0) is 9.56. The van der Waals surface area contributed by atoms with E-state index in [4.69, 9.17) is 10.2 Å². The fraction of sp³-hybridized carbons (Fsp3) is 0.125. The van der Waals surface area contributed by atoms with Gasteiger partial charge in [0.15, 0.2) is 0 Å². The van der Waals surface area contributed by atoms with Crippen molar-refractivity contribution in [3.05, 3.63) is 29.8 Å². The molecule has 0 unspecified atom stereocenters. The second kappa shape index (κ2) is 5.37. The van der Waals surface area contributed by atoms with Crippen LogP contribution in [0.1, 0.15) is 10.4 Å². The molecular formula is C8H12O3Si. The van der Waals surface area contributed by atoms with E-state index in [1.807, 2.05) is 0 Å². The first-order valence-corrected chi connectivity index (χ1v) is 5.73. The molecule has 0 aliphatic rings. The van der Waals surface area contributed by atoms with E-state index in [1.54, 1.807) is 12.1 Å². The number of rotatable bonds is 1. The molecule has 0 radical (unpaired) electrons. The summed E-state index contributed by atoms with van der Waals surface area (Å²) in [6.45, 7) is 2.14. The van der Waals surface area contributed by atoms with Gasteiger partial charge in [0.2, 0.25) is 0 Å². The number of hydrogen-bond donors (Lipinski definition) is 2. The second-order valence-electron chi connectivity index (χ2n) is 1.82. The summed E-state index contributed by atoms with van der Waals surface area (Å²) in [5.74, 6) is -1.31. The zero-order valence-electron chi connectivity index (χ0n) is 7.11. The van der Waals surface area contributed by atoms with Gasteiger partial charge in [-0.15, -0.1) is 0 Å². The molecule has 0 spiro atoms. The quantitative estimate of drug-likeness (QED) is 0.624. The lowest BCUT2D eigenvalue weighted by atomic mass is 10.2. The monoisotopic (exact) mass is 184 g/mol. The minimum Gasteiger partial charge on any atom is -0.507 e. The van der Waals surface area contributed by atoms with Crippen molar-refractivity contribution >= 4 is 16.2 Å². The maximum atomic E-state index is 10.3. The van der Waals surface area contributed by atoms with Crippen LogP contribution in [0.25, 0.3) is 0 Å². The van der Waals surface area contributed by atoms with Crippen LogP contribution in [0, 0.1) is 0 Å². The normalized spacial score (nSPS) is 8.42. The highest BCUT2D eigenvalue weighted by Gasteiger charge is 2.05. The molecule has 0 amide bonds. The number of carboxylic acid groups (broad SMARTS) is 1. The van der Waals surface area contributed by atoms with Crippen molar-refractivity contribution in [3.8, 4) is 5.75 Å². The summed E-state index contributed by atoms with van der Waals surface area (Å²) in [5.41, 5.74) is -0.0671. The Kier molecular flexibility index (Phi) is 4.79. The Morgan fingerprint density at radius 1 is 1.33 bits per heavy atom. The predicted molar refractivity (Wildman–Crippen MR) is 50.9 cm³/mol. The molecule has 12 heavy (non-hydrogen) atoms. The molecule has 1 aromatic carbocycles. The topological polar surface area (TPSA) is 57.5 Å². The Balaban J connectivity index is 0.000000561. The molecule has 0 saturated heterocycles. The predicted octanol–water partition coefficient (Wildman–Crippen LogP) is 0.490. The summed E-state index contributed by atoms with van der Waals surface area (Å²) in [7, 11) is 1.31. The first kappa shape index (κ1) is 10.7. The molecule has 4 heteroatoms. The number of aromatic carboxylic acids is 1. The fourth-order valence-electron chi connectivity index (χ4n) is 0.654. The summed E-state index contributed by atoms with van der Waals surface area (Å²) in [5, 5.41) is 17.3. The molecule has 0 aromatic heterocycles. The van der Waals surface area contributed by atoms with Crippen molar-refractivity contribution in [3.63, 3.8) is 0 Å². The van der Waals surface area contributed by atoms with E-state index in [-0.39, 0.29) is 11.3 Å². The van der Waals surface area contributed by atoms with Crippen LogP contribution in [0.15, 0.2) is 24.3 Å². The number of carboxylic acids is 1. The van der Waals surface area contributed by atoms with Gasteiger partial charge in [-0.2, -0.15) is 0 Å². The molecule has 2 N–H and O–H groups in total. The number of aromatic hydroxyl groups is 1. The molecule has 0 heterocycles. The lowest BCUT2D eigenvalue weighted by Crippen LogP contribution is -1.95. The molecule has 0 saturated carbocycles. The SMILES string of the molecule is C[SiH3].O=C(O)c1ccccc1O. The number of hydrogen-bond acceptors (Lipinski definition) is 2. The number of carbonyl (C=O) groups is 1. The summed E-state index contributed by atoms with van der Waals surface area (Å²) >= 11 is 0. The second-order valence-corrected chi connectivity index (χ2v) is 1.82. The minimum atomic E-state index is -1.11. The summed E-state index contributed by atoms with van der Waals surface area (Å²) in [4.78, 5) is 10.3. The Morgan fingerprint density at radius 2 is 1.83 bits per heavy atom. The van der Waals surface area contributed by atoms with Gasteiger partial charge < -0.3 is 10.2 Å². The maximum absolute atomic E-state index is 10.3. The lowest BCUT2D eigenvalue weighted by molar-refractivity contribution is 0.0694. The average molecular weight is 184 g/mol. The van der Waals surface area contributed by atoms with Crippen LogP contribution in [0.2, 0.25) is 6.55 Å². The van der Waals surface area contributed by atoms with Crippen molar-refractivity contribution in [2.75, 3.05) is 0 Å². The van der Waals surface area contributed by atoms with E-state index < -0.39 is 5.97 Å². The van der Waals surface area contributed by atoms with Crippen molar-refractivity contribution in [2.24, 2.45) is 0 Å². The van der Waals surface area contributed by atoms with Gasteiger partial charge >= 0.3 is 5.97 Å². The summed E-state index contributed by atoms with van der Waals surface area (Å²) < 4.78 is 0. The van der Waals surface area contributed by atoms with Crippen LogP contribution in [0.4, 0.5) is 0 Å². The van der Waals surface area contributed by atoms with Gasteiger partial charge in [0, 0.05) is 0 Å². The van der Waals surface area contributed by atoms with Gasteiger partial charge in [-0.05, 0) is 22.4 Å². The first-order chi connectivity index (χ1) is 5.72. The summed E-state index contributed by atoms with van der Waals surface area (Å²) in [6, 6.07) is 5.81. The smallest absolute Gasteiger partial charge is 0.339 e. The molecule has 0 bridgehead atoms. The number of phenols is 1. The van der Waals surface area contributed by atoms with Crippen molar-refractivity contribution in [1.82, 2.24) is 0 Å². The van der Waals surface area contributed by atoms with Gasteiger partial charge in [0.1, 0.15) is 11.3 Å². The Morgan fingerprint density at radius 3 is 2.17 bits per heavy atom. The van der Waals surface area contributed by atoms with Crippen LogP contribution < -0.4 is 0 Å². The third-order valence-electron chi connectivity index (χ3n) is 1.13. The summed E-state index contributed by atoms with van der Waals surface area (Å²) in [6.07, 6.45) is 0. The third-order valence-corrected chi connectivity index (χ3v) is 1.13. The maximum Gasteiger partial charge on any atom is 0.339 e. The van der Waals surface area contributed by atoms with Gasteiger partial charge in [-0.3, -0.25) is 0 Å². The van der Waals surface area contributed by atoms with Crippen LogP contribution in [-0.4, -0.2) is 26.4 Å². The van der Waals surface area contributed by atoms with E-state index in [2.05, 4.69) is 6.55 Å². The molecule has 0 fully saturated rings. The van der Waals surface area contributed by atoms with Gasteiger partial charge in [0.05, 0.1) is 0 Å². The third kappa shape index (κ3) is 2.75. The molecule has 0 atom stereocenters. The molecule has 1 rings (SSSR count). The number of para-hydroxylation sites is 1. The van der Waals surface area contributed by atoms with Crippen LogP contribution in [0.5, 0.6) is 5.75 Å². The standard InChI is InChI=1S/C7H6O3.CH6Si/c8-6-4-2-1-3-5(6)7(9)10;1-2/h1-4,8H,(H,9,10);1-2H3. The van der Waals surface area contributed by atoms with Gasteiger partial charge in [0.25, 0.3) is 0 Å². The molecule has 3 nitrogen and oxygen atoms in total. The Labute approximate surface area is 74.1 Å².